The Bertz CT molecular complexity index is 303. The van der Waals surface area contributed by atoms with Gasteiger partial charge in [0.15, 0.2) is 0 Å². The molecule has 0 aliphatic carbocycles. The summed E-state index contributed by atoms with van der Waals surface area (Å²) in [6, 6.07) is 8.19. The maximum Gasteiger partial charge on any atom is 0.137 e. The lowest BCUT2D eigenvalue weighted by molar-refractivity contribution is 0.0448. The molecular formula is C10H12BrNO. The van der Waals surface area contributed by atoms with Gasteiger partial charge in [0.1, 0.15) is 6.23 Å². The average molecular weight is 242 g/mol. The molecule has 2 nitrogen and oxygen atoms in total. The summed E-state index contributed by atoms with van der Waals surface area (Å²) < 4.78 is 6.75. The summed E-state index contributed by atoms with van der Waals surface area (Å²) in [4.78, 5) is 2.21. The molecule has 1 aliphatic heterocycles. The minimum absolute atomic E-state index is 0.121. The van der Waals surface area contributed by atoms with E-state index in [1.807, 2.05) is 18.2 Å². The predicted molar refractivity (Wildman–Crippen MR) is 55.5 cm³/mol. The number of likely N-dealkylation sites (N-methyl/N-ethyl adjacent to an activating group) is 1. The van der Waals surface area contributed by atoms with Crippen molar-refractivity contribution in [2.45, 2.75) is 6.23 Å². The molecule has 0 unspecified atom stereocenters. The van der Waals surface area contributed by atoms with Crippen molar-refractivity contribution in [3.8, 4) is 0 Å². The highest BCUT2D eigenvalue weighted by Gasteiger charge is 2.24. The third kappa shape index (κ3) is 1.77. The van der Waals surface area contributed by atoms with Gasteiger partial charge in [-0.05, 0) is 13.1 Å². The molecule has 1 aromatic carbocycles. The Hall–Kier alpha value is -0.380. The van der Waals surface area contributed by atoms with Crippen molar-refractivity contribution in [3.05, 3.63) is 34.3 Å². The van der Waals surface area contributed by atoms with Gasteiger partial charge < -0.3 is 4.74 Å². The molecule has 3 heteroatoms. The van der Waals surface area contributed by atoms with Crippen molar-refractivity contribution in [2.75, 3.05) is 20.2 Å². The molecule has 0 bridgehead atoms. The van der Waals surface area contributed by atoms with Crippen LogP contribution in [0.4, 0.5) is 0 Å². The first-order valence-electron chi connectivity index (χ1n) is 4.35. The van der Waals surface area contributed by atoms with Crippen LogP contribution in [0.2, 0.25) is 0 Å². The normalized spacial score (nSPS) is 23.7. The number of hydrogen-bond donors (Lipinski definition) is 0. The van der Waals surface area contributed by atoms with Crippen LogP contribution in [-0.2, 0) is 4.74 Å². The van der Waals surface area contributed by atoms with Gasteiger partial charge in [0.2, 0.25) is 0 Å². The molecule has 0 N–H and O–H groups in total. The van der Waals surface area contributed by atoms with Crippen LogP contribution in [0.5, 0.6) is 0 Å². The van der Waals surface area contributed by atoms with Gasteiger partial charge >= 0.3 is 0 Å². The number of rotatable bonds is 1. The molecule has 1 atom stereocenters. The van der Waals surface area contributed by atoms with E-state index < -0.39 is 0 Å². The fourth-order valence-corrected chi connectivity index (χ4v) is 2.04. The van der Waals surface area contributed by atoms with Crippen LogP contribution in [0.3, 0.4) is 0 Å². The van der Waals surface area contributed by atoms with Gasteiger partial charge in [-0.25, -0.2) is 0 Å². The minimum Gasteiger partial charge on any atom is -0.357 e. The Labute approximate surface area is 86.6 Å². The lowest BCUT2D eigenvalue weighted by atomic mass is 10.2. The molecule has 1 fully saturated rings. The minimum atomic E-state index is 0.121. The number of nitrogens with zero attached hydrogens (tertiary/aromatic N) is 1. The Kier molecular flexibility index (Phi) is 2.67. The Morgan fingerprint density at radius 1 is 1.46 bits per heavy atom. The molecule has 1 aliphatic rings. The van der Waals surface area contributed by atoms with E-state index in [-0.39, 0.29) is 6.23 Å². The monoisotopic (exact) mass is 241 g/mol. The number of benzene rings is 1. The highest BCUT2D eigenvalue weighted by Crippen LogP contribution is 2.30. The first kappa shape index (κ1) is 9.19. The zero-order valence-electron chi connectivity index (χ0n) is 7.53. The standard InChI is InChI=1S/C10H12BrNO/c1-12-6-7-13-10(12)8-4-2-3-5-9(8)11/h2-5,10H,6-7H2,1H3/t10-/m0/s1. The van der Waals surface area contributed by atoms with Crippen LogP contribution < -0.4 is 0 Å². The van der Waals surface area contributed by atoms with Gasteiger partial charge in [-0.15, -0.1) is 0 Å². The van der Waals surface area contributed by atoms with Gasteiger partial charge in [-0.1, -0.05) is 34.1 Å². The van der Waals surface area contributed by atoms with Crippen molar-refractivity contribution in [2.24, 2.45) is 0 Å². The molecular weight excluding hydrogens is 230 g/mol. The predicted octanol–water partition coefficient (Wildman–Crippen LogP) is 2.41. The Morgan fingerprint density at radius 2 is 2.23 bits per heavy atom. The summed E-state index contributed by atoms with van der Waals surface area (Å²) in [5.74, 6) is 0. The highest BCUT2D eigenvalue weighted by molar-refractivity contribution is 9.10. The molecule has 13 heavy (non-hydrogen) atoms. The van der Waals surface area contributed by atoms with E-state index in [0.29, 0.717) is 0 Å². The molecule has 2 rings (SSSR count). The average Bonchev–Trinajstić information content (AvgIpc) is 2.52. The molecule has 70 valence electrons. The van der Waals surface area contributed by atoms with Crippen LogP contribution in [0.1, 0.15) is 11.8 Å². The van der Waals surface area contributed by atoms with Crippen molar-refractivity contribution in [1.82, 2.24) is 4.90 Å². The molecule has 0 spiro atoms. The summed E-state index contributed by atoms with van der Waals surface area (Å²) in [7, 11) is 2.08. The topological polar surface area (TPSA) is 12.5 Å². The SMILES string of the molecule is CN1CCO[C@H]1c1ccccc1Br. The zero-order valence-corrected chi connectivity index (χ0v) is 9.12. The smallest absolute Gasteiger partial charge is 0.137 e. The summed E-state index contributed by atoms with van der Waals surface area (Å²) in [5, 5.41) is 0. The highest BCUT2D eigenvalue weighted by atomic mass is 79.9. The fraction of sp³-hybridized carbons (Fsp3) is 0.400. The molecule has 0 radical (unpaired) electrons. The largest absolute Gasteiger partial charge is 0.357 e. The molecule has 1 saturated heterocycles. The van der Waals surface area contributed by atoms with E-state index in [1.54, 1.807) is 0 Å². The zero-order chi connectivity index (χ0) is 9.26. The van der Waals surface area contributed by atoms with Crippen LogP contribution in [-0.4, -0.2) is 25.1 Å². The number of ether oxygens (including phenoxy) is 1. The lowest BCUT2D eigenvalue weighted by Gasteiger charge is -2.19. The van der Waals surface area contributed by atoms with Gasteiger partial charge in [0.25, 0.3) is 0 Å². The second-order valence-corrected chi connectivity index (χ2v) is 4.08. The summed E-state index contributed by atoms with van der Waals surface area (Å²) in [6.45, 7) is 1.83. The Morgan fingerprint density at radius 3 is 2.85 bits per heavy atom. The van der Waals surface area contributed by atoms with E-state index in [9.17, 15) is 0 Å². The van der Waals surface area contributed by atoms with Crippen molar-refractivity contribution >= 4 is 15.9 Å². The maximum atomic E-state index is 5.63. The second kappa shape index (κ2) is 3.78. The first-order chi connectivity index (χ1) is 6.29. The third-order valence-corrected chi connectivity index (χ3v) is 3.01. The molecule has 1 aromatic rings. The van der Waals surface area contributed by atoms with E-state index in [2.05, 4.69) is 33.9 Å². The summed E-state index contributed by atoms with van der Waals surface area (Å²) in [6.07, 6.45) is 0.121. The van der Waals surface area contributed by atoms with Crippen LogP contribution >= 0.6 is 15.9 Å². The second-order valence-electron chi connectivity index (χ2n) is 3.23. The third-order valence-electron chi connectivity index (χ3n) is 2.29. The Balaban J connectivity index is 2.29. The van der Waals surface area contributed by atoms with Crippen molar-refractivity contribution in [1.29, 1.82) is 0 Å². The van der Waals surface area contributed by atoms with Crippen LogP contribution in [0.15, 0.2) is 28.7 Å². The van der Waals surface area contributed by atoms with Crippen molar-refractivity contribution < 1.29 is 4.74 Å². The molecule has 0 amide bonds. The van der Waals surface area contributed by atoms with Crippen LogP contribution in [0, 0.1) is 0 Å². The summed E-state index contributed by atoms with van der Waals surface area (Å²) >= 11 is 3.53. The van der Waals surface area contributed by atoms with Crippen molar-refractivity contribution in [3.63, 3.8) is 0 Å². The molecule has 0 aromatic heterocycles. The lowest BCUT2D eigenvalue weighted by Crippen LogP contribution is -2.18. The molecule has 1 heterocycles. The van der Waals surface area contributed by atoms with Gasteiger partial charge in [-0.2, -0.15) is 0 Å². The van der Waals surface area contributed by atoms with Gasteiger partial charge in [0, 0.05) is 16.6 Å². The first-order valence-corrected chi connectivity index (χ1v) is 5.14. The summed E-state index contributed by atoms with van der Waals surface area (Å²) in [5.41, 5.74) is 1.21. The van der Waals surface area contributed by atoms with E-state index in [0.717, 1.165) is 17.6 Å². The molecule has 0 saturated carbocycles. The van der Waals surface area contributed by atoms with E-state index in [1.165, 1.54) is 5.56 Å². The van der Waals surface area contributed by atoms with Crippen LogP contribution in [0.25, 0.3) is 0 Å². The van der Waals surface area contributed by atoms with E-state index in [4.69, 9.17) is 4.74 Å². The number of hydrogen-bond acceptors (Lipinski definition) is 2. The van der Waals surface area contributed by atoms with E-state index >= 15 is 0 Å². The van der Waals surface area contributed by atoms with Gasteiger partial charge in [0.05, 0.1) is 6.61 Å². The van der Waals surface area contributed by atoms with Gasteiger partial charge in [-0.3, -0.25) is 4.90 Å². The fourth-order valence-electron chi connectivity index (χ4n) is 1.56. The maximum absolute atomic E-state index is 5.63. The number of halogens is 1. The quantitative estimate of drug-likeness (QED) is 0.749.